The lowest BCUT2D eigenvalue weighted by Crippen LogP contribution is -2.65. The van der Waals surface area contributed by atoms with Gasteiger partial charge in [0.15, 0.2) is 44.0 Å². The summed E-state index contributed by atoms with van der Waals surface area (Å²) in [5.41, 5.74) is 0. The zero-order chi connectivity index (χ0) is 93.8. The number of ketones is 1. The van der Waals surface area contributed by atoms with Gasteiger partial charge in [0.1, 0.15) is 171 Å². The molecule has 0 aromatic rings. The van der Waals surface area contributed by atoms with Gasteiger partial charge in [-0.1, -0.05) is 25.7 Å². The molecule has 51 heteroatoms. The Balaban J connectivity index is 0.804. The molecule has 128 heavy (non-hydrogen) atoms. The molecule has 0 spiro atoms. The van der Waals surface area contributed by atoms with Crippen LogP contribution in [0, 0.1) is 0 Å². The van der Waals surface area contributed by atoms with E-state index in [9.17, 15) is 151 Å². The van der Waals surface area contributed by atoms with E-state index in [-0.39, 0.29) is 96.9 Å². The number of hydrogen-bond acceptors (Lipinski definition) is 47. The summed E-state index contributed by atoms with van der Waals surface area (Å²) in [5, 5.41) is 251. The van der Waals surface area contributed by atoms with Crippen LogP contribution >= 0.6 is 0 Å². The third-order valence-electron chi connectivity index (χ3n) is 23.0. The lowest BCUT2D eigenvalue weighted by molar-refractivity contribution is -0.366. The minimum Gasteiger partial charge on any atom is -0.394 e. The number of amides is 5. The van der Waals surface area contributed by atoms with Crippen LogP contribution in [0.4, 0.5) is 0 Å². The summed E-state index contributed by atoms with van der Waals surface area (Å²) >= 11 is 0. The number of aliphatic hydroxyl groups is 23. The first-order valence-corrected chi connectivity index (χ1v) is 43.2. The third-order valence-corrected chi connectivity index (χ3v) is 23.0. The Morgan fingerprint density at radius 3 is 1.07 bits per heavy atom. The quantitative estimate of drug-likeness (QED) is 0.0199. The largest absolute Gasteiger partial charge is 0.394 e. The van der Waals surface area contributed by atoms with Crippen LogP contribution in [0.3, 0.4) is 0 Å². The summed E-state index contributed by atoms with van der Waals surface area (Å²) in [6.45, 7) is -4.27. The van der Waals surface area contributed by atoms with E-state index in [2.05, 4.69) is 16.0 Å². The van der Waals surface area contributed by atoms with Crippen molar-refractivity contribution in [1.82, 2.24) is 30.8 Å². The number of hydrogen-bond donors (Lipinski definition) is 26. The molecule has 0 aromatic carbocycles. The molecular formula is C77H132N6O45. The van der Waals surface area contributed by atoms with Crippen molar-refractivity contribution in [3.05, 3.63) is 0 Å². The van der Waals surface area contributed by atoms with E-state index in [4.69, 9.17) is 71.2 Å². The fourth-order valence-electron chi connectivity index (χ4n) is 15.3. The summed E-state index contributed by atoms with van der Waals surface area (Å²) in [6, 6.07) is 0. The molecule has 0 aliphatic carbocycles. The zero-order valence-corrected chi connectivity index (χ0v) is 70.9. The van der Waals surface area contributed by atoms with Gasteiger partial charge in [0, 0.05) is 64.8 Å². The first-order valence-electron chi connectivity index (χ1n) is 43.2. The van der Waals surface area contributed by atoms with Crippen molar-refractivity contribution < 1.29 is 222 Å². The fraction of sp³-hybridized carbons (Fsp3) is 0.909. The van der Waals surface area contributed by atoms with E-state index in [0.717, 1.165) is 0 Å². The van der Waals surface area contributed by atoms with Gasteiger partial charge in [-0.05, 0) is 58.4 Å². The second-order valence-corrected chi connectivity index (χ2v) is 32.8. The number of unbranched alkanes of at least 4 members (excludes halogenated alkanes) is 7. The monoisotopic (exact) mass is 1860 g/mol. The smallest absolute Gasteiger partial charge is 0.333 e. The van der Waals surface area contributed by atoms with Gasteiger partial charge < -0.3 is 205 Å². The molecule has 740 valence electrons. The zero-order valence-electron chi connectivity index (χ0n) is 70.9. The average molecular weight is 1860 g/mol. The van der Waals surface area contributed by atoms with Crippen LogP contribution in [-0.2, 0) is 105 Å². The molecule has 51 nitrogen and oxygen atoms in total. The Kier molecular flexibility index (Phi) is 45.8. The molecular weight excluding hydrogens is 1730 g/mol. The van der Waals surface area contributed by atoms with E-state index < -0.39 is 310 Å². The van der Waals surface area contributed by atoms with Gasteiger partial charge in [0.25, 0.3) is 11.8 Å². The fourth-order valence-corrected chi connectivity index (χ4v) is 15.3. The highest BCUT2D eigenvalue weighted by atomic mass is 16.8. The first kappa shape index (κ1) is 108. The summed E-state index contributed by atoms with van der Waals surface area (Å²) in [5.74, 6) is -3.87. The van der Waals surface area contributed by atoms with Crippen LogP contribution in [0.25, 0.3) is 0 Å². The molecule has 8 aliphatic heterocycles. The molecule has 8 aliphatic rings. The number of carbonyl (C=O) groups is 7. The minimum atomic E-state index is -2.01. The minimum absolute atomic E-state index is 0.0295. The van der Waals surface area contributed by atoms with Crippen LogP contribution in [-0.4, -0.2) is 507 Å². The molecule has 5 amide bonds. The normalized spacial score (nSPS) is 37.8. The van der Waals surface area contributed by atoms with Crippen molar-refractivity contribution in [2.24, 2.45) is 0 Å². The summed E-state index contributed by atoms with van der Waals surface area (Å²) in [7, 11) is 0. The Hall–Kier alpha value is -4.87. The van der Waals surface area contributed by atoms with E-state index in [1.807, 2.05) is 4.90 Å². The Morgan fingerprint density at radius 2 is 0.664 bits per heavy atom. The van der Waals surface area contributed by atoms with Gasteiger partial charge in [0.05, 0.1) is 85.2 Å². The standard InChI is InChI=1S/C77H132N6O45/c1-36-50(95)57(102)62(107)71(119-36)115-25-22-81(23-26-116-75-68(113)70(127-77-66(111)61(106)54(99)41(33-87)123-77)56(101)43(125-75)35-118-73-64(109)59(104)52(97)39(31-85)121-73)21-11-3-2-8-18-78-44(89)27-82(29-46(91)80-20-10-5-7-15-49(94)128-83-47(92)16-17-48(83)93)28-45(90)79-19-9-4-6-13-37(88)14-12-24-114-74-67(112)69(126-76-65(110)60(105)53(98)40(32-86)122-76)55(100)42(124-74)34-117-72-63(108)58(103)51(96)38(30-84)120-72/h36,38-43,50-77,84-87,95-113H,2-35H2,1H3,(H,78,89)(H,79,90)(H,80,91)/t36-,38+,39+,40+,41+,42+,43+,50+,51+,52+,53+,54+,55+,56+,57+,58-,59-,60-,61-,62-,63-,64-,65-,66-,67-,68-,69-,70-,71-,72-,73-,74+,75-,76+,77+/m0/s1. The number of rotatable bonds is 53. The molecule has 26 N–H and O–H groups in total. The topological polar surface area (TPSA) is 769 Å². The second kappa shape index (κ2) is 54.0. The molecule has 0 aromatic heterocycles. The number of aliphatic hydroxyl groups excluding tert-OH is 23. The van der Waals surface area contributed by atoms with Crippen LogP contribution in [0.1, 0.15) is 110 Å². The van der Waals surface area contributed by atoms with Gasteiger partial charge in [-0.15, -0.1) is 5.06 Å². The molecule has 8 saturated heterocycles. The number of Topliss-reactive ketones (excluding diaryl/α,β-unsaturated/α-hetero) is 1. The van der Waals surface area contributed by atoms with Gasteiger partial charge in [-0.2, -0.15) is 0 Å². The highest BCUT2D eigenvalue weighted by Gasteiger charge is 2.56. The lowest BCUT2D eigenvalue weighted by Gasteiger charge is -2.46. The summed E-state index contributed by atoms with van der Waals surface area (Å²) in [6.07, 6.45) is -55.8. The van der Waals surface area contributed by atoms with E-state index >= 15 is 0 Å². The molecule has 0 unspecified atom stereocenters. The van der Waals surface area contributed by atoms with Crippen LogP contribution in [0.2, 0.25) is 0 Å². The molecule has 0 saturated carbocycles. The predicted molar refractivity (Wildman–Crippen MR) is 417 cm³/mol. The Labute approximate surface area is 734 Å². The van der Waals surface area contributed by atoms with Gasteiger partial charge >= 0.3 is 5.97 Å². The molecule has 8 fully saturated rings. The first-order chi connectivity index (χ1) is 61.0. The number of hydroxylamine groups is 2. The highest BCUT2D eigenvalue weighted by Crippen LogP contribution is 2.35. The van der Waals surface area contributed by atoms with Crippen molar-refractivity contribution in [1.29, 1.82) is 0 Å². The number of nitrogens with zero attached hydrogens (tertiary/aromatic N) is 3. The van der Waals surface area contributed by atoms with Crippen LogP contribution in [0.15, 0.2) is 0 Å². The van der Waals surface area contributed by atoms with Gasteiger partial charge in [0.2, 0.25) is 17.7 Å². The third kappa shape index (κ3) is 31.1. The van der Waals surface area contributed by atoms with Crippen LogP contribution in [0.5, 0.6) is 0 Å². The molecule has 35 atom stereocenters. The van der Waals surface area contributed by atoms with E-state index in [0.29, 0.717) is 75.8 Å². The highest BCUT2D eigenvalue weighted by molar-refractivity contribution is 6.01. The molecule has 8 heterocycles. The maximum Gasteiger partial charge on any atom is 0.333 e. The maximum atomic E-state index is 13.6. The number of ether oxygens (including phenoxy) is 14. The van der Waals surface area contributed by atoms with Crippen molar-refractivity contribution >= 4 is 41.3 Å². The molecule has 8 rings (SSSR count). The Bertz CT molecular complexity index is 3300. The summed E-state index contributed by atoms with van der Waals surface area (Å²) in [4.78, 5) is 97.6. The molecule has 0 bridgehead atoms. The van der Waals surface area contributed by atoms with Crippen molar-refractivity contribution in [3.8, 4) is 0 Å². The number of nitrogens with one attached hydrogen (secondary N) is 3. The van der Waals surface area contributed by atoms with Crippen molar-refractivity contribution in [2.45, 2.75) is 325 Å². The van der Waals surface area contributed by atoms with Gasteiger partial charge in [-0.3, -0.25) is 38.6 Å². The second-order valence-electron chi connectivity index (χ2n) is 32.8. The number of imide groups is 1. The lowest BCUT2D eigenvalue weighted by atomic mass is 9.96. The van der Waals surface area contributed by atoms with Crippen LogP contribution < -0.4 is 16.0 Å². The summed E-state index contributed by atoms with van der Waals surface area (Å²) < 4.78 is 79.6. The predicted octanol–water partition coefficient (Wildman–Crippen LogP) is -14.6. The van der Waals surface area contributed by atoms with E-state index in [1.54, 1.807) is 0 Å². The van der Waals surface area contributed by atoms with Crippen molar-refractivity contribution in [2.75, 3.05) is 118 Å². The van der Waals surface area contributed by atoms with E-state index in [1.165, 1.54) is 11.8 Å². The Morgan fingerprint density at radius 1 is 0.336 bits per heavy atom. The number of carbonyl (C=O) groups excluding carboxylic acids is 7. The van der Waals surface area contributed by atoms with Gasteiger partial charge in [-0.25, -0.2) is 4.79 Å². The molecule has 0 radical (unpaired) electrons. The SMILES string of the molecule is C[C@@H]1O[C@H](OCCN(CCCCCCNC(=O)CN(CC(=O)NCCCCCC(=O)CCCO[C@@H]2O[C@H](CO[C@H]3O[C@H](CO)[C@@H](O)[C@H](O)[C@@H]3O)[C@@H](O)[C@H](O[C@H]3O[C@H](CO)[C@@H](O)[C@H](O)[C@@H]3O)[C@@H]2O)CC(=O)NCCCCCC(=O)ON2C(=O)CCC2=O)CCO[C@H]2O[C@H](CO[C@H]3O[C@H](CO)[C@@H](O)[C@H](O)[C@@H]3O)[C@@H](O)[C@H](O[C@H]3O[C@H](CO)[C@@H](O)[C@H](O)[C@@H]3O)[C@@H]2O)[C@@H](O)[C@H](O)[C@@H]1O. The average Bonchev–Trinajstić information content (AvgIpc) is 0.911. The van der Waals surface area contributed by atoms with Crippen molar-refractivity contribution in [3.63, 3.8) is 0 Å². The maximum absolute atomic E-state index is 13.6.